The molecule has 64 valence electrons. The summed E-state index contributed by atoms with van der Waals surface area (Å²) in [7, 11) is 1.57. The van der Waals surface area contributed by atoms with Gasteiger partial charge in [0.25, 0.3) is 0 Å². The van der Waals surface area contributed by atoms with Crippen molar-refractivity contribution in [1.29, 1.82) is 0 Å². The van der Waals surface area contributed by atoms with Gasteiger partial charge in [-0.2, -0.15) is 0 Å². The lowest BCUT2D eigenvalue weighted by molar-refractivity contribution is -0.128. The van der Waals surface area contributed by atoms with Crippen LogP contribution < -0.4 is 0 Å². The highest BCUT2D eigenvalue weighted by atomic mass is 16.5. The average molecular weight is 156 g/mol. The van der Waals surface area contributed by atoms with Crippen LogP contribution in [-0.4, -0.2) is 19.0 Å². The third kappa shape index (κ3) is 3.94. The number of carbonyl (C=O) groups excluding carboxylic acids is 1. The lowest BCUT2D eigenvalue weighted by Gasteiger charge is -2.09. The molecule has 0 aliphatic carbocycles. The molecule has 1 atom stereocenters. The van der Waals surface area contributed by atoms with E-state index in [2.05, 4.69) is 6.58 Å². The fourth-order valence-electron chi connectivity index (χ4n) is 0.931. The Balaban J connectivity index is 3.69. The van der Waals surface area contributed by atoms with Crippen molar-refractivity contribution >= 4 is 5.78 Å². The second-order valence-corrected chi connectivity index (χ2v) is 2.43. The minimum absolute atomic E-state index is 0.176. The van der Waals surface area contributed by atoms with Crippen molar-refractivity contribution in [3.63, 3.8) is 0 Å². The van der Waals surface area contributed by atoms with Gasteiger partial charge in [0, 0.05) is 13.5 Å². The Labute approximate surface area is 68.2 Å². The topological polar surface area (TPSA) is 26.3 Å². The van der Waals surface area contributed by atoms with Crippen LogP contribution in [0, 0.1) is 0 Å². The summed E-state index contributed by atoms with van der Waals surface area (Å²) >= 11 is 0. The zero-order valence-corrected chi connectivity index (χ0v) is 7.30. The fraction of sp³-hybridized carbons (Fsp3) is 0.667. The SMILES string of the molecule is C=CCCC(=O)C(CC)OC. The van der Waals surface area contributed by atoms with Gasteiger partial charge >= 0.3 is 0 Å². The standard InChI is InChI=1S/C9H16O2/c1-4-6-7-8(10)9(5-2)11-3/h4,9H,1,5-7H2,2-3H3. The van der Waals surface area contributed by atoms with Crippen LogP contribution in [0.2, 0.25) is 0 Å². The molecule has 0 aromatic heterocycles. The summed E-state index contributed by atoms with van der Waals surface area (Å²) in [5.74, 6) is 0.176. The Morgan fingerprint density at radius 2 is 2.36 bits per heavy atom. The van der Waals surface area contributed by atoms with Gasteiger partial charge in [0.2, 0.25) is 0 Å². The van der Waals surface area contributed by atoms with Gasteiger partial charge in [0.15, 0.2) is 5.78 Å². The average Bonchev–Trinajstić information content (AvgIpc) is 2.03. The summed E-state index contributed by atoms with van der Waals surface area (Å²) in [6.45, 7) is 5.50. The molecule has 0 radical (unpaired) electrons. The first-order valence-electron chi connectivity index (χ1n) is 3.92. The lowest BCUT2D eigenvalue weighted by atomic mass is 10.1. The molecule has 0 aromatic rings. The minimum atomic E-state index is -0.213. The molecule has 0 aliphatic heterocycles. The third-order valence-electron chi connectivity index (χ3n) is 1.61. The van der Waals surface area contributed by atoms with Crippen LogP contribution in [0.5, 0.6) is 0 Å². The summed E-state index contributed by atoms with van der Waals surface area (Å²) in [6, 6.07) is 0. The van der Waals surface area contributed by atoms with Crippen molar-refractivity contribution in [3.8, 4) is 0 Å². The fourth-order valence-corrected chi connectivity index (χ4v) is 0.931. The number of hydrogen-bond acceptors (Lipinski definition) is 2. The number of ether oxygens (including phenoxy) is 1. The molecule has 2 nitrogen and oxygen atoms in total. The van der Waals surface area contributed by atoms with Crippen molar-refractivity contribution in [1.82, 2.24) is 0 Å². The van der Waals surface area contributed by atoms with Gasteiger partial charge in [0.05, 0.1) is 0 Å². The van der Waals surface area contributed by atoms with Gasteiger partial charge < -0.3 is 4.74 Å². The normalized spacial score (nSPS) is 12.5. The predicted octanol–water partition coefficient (Wildman–Crippen LogP) is 1.95. The number of methoxy groups -OCH3 is 1. The van der Waals surface area contributed by atoms with E-state index in [1.807, 2.05) is 6.92 Å². The molecule has 0 aliphatic rings. The maximum absolute atomic E-state index is 11.2. The van der Waals surface area contributed by atoms with E-state index in [0.717, 1.165) is 12.8 Å². The van der Waals surface area contributed by atoms with Crippen LogP contribution in [0.4, 0.5) is 0 Å². The first-order chi connectivity index (χ1) is 5.26. The van der Waals surface area contributed by atoms with E-state index < -0.39 is 0 Å². The Bertz CT molecular complexity index is 126. The van der Waals surface area contributed by atoms with E-state index in [0.29, 0.717) is 6.42 Å². The third-order valence-corrected chi connectivity index (χ3v) is 1.61. The van der Waals surface area contributed by atoms with Gasteiger partial charge in [-0.1, -0.05) is 13.0 Å². The second-order valence-electron chi connectivity index (χ2n) is 2.43. The molecule has 0 rings (SSSR count). The maximum Gasteiger partial charge on any atom is 0.161 e. The van der Waals surface area contributed by atoms with Gasteiger partial charge in [-0.25, -0.2) is 0 Å². The van der Waals surface area contributed by atoms with E-state index in [-0.39, 0.29) is 11.9 Å². The Morgan fingerprint density at radius 1 is 1.73 bits per heavy atom. The molecule has 0 bridgehead atoms. The second kappa shape index (κ2) is 6.10. The van der Waals surface area contributed by atoms with Crippen LogP contribution in [0.3, 0.4) is 0 Å². The number of hydrogen-bond donors (Lipinski definition) is 0. The largest absolute Gasteiger partial charge is 0.374 e. The smallest absolute Gasteiger partial charge is 0.161 e. The molecule has 0 saturated heterocycles. The Hall–Kier alpha value is -0.630. The molecule has 11 heavy (non-hydrogen) atoms. The highest BCUT2D eigenvalue weighted by Gasteiger charge is 2.13. The summed E-state index contributed by atoms with van der Waals surface area (Å²) in [4.78, 5) is 11.2. The minimum Gasteiger partial charge on any atom is -0.374 e. The number of allylic oxidation sites excluding steroid dienone is 1. The molecule has 1 unspecified atom stereocenters. The maximum atomic E-state index is 11.2. The quantitative estimate of drug-likeness (QED) is 0.549. The molecule has 0 N–H and O–H groups in total. The highest BCUT2D eigenvalue weighted by Crippen LogP contribution is 2.03. The molecular weight excluding hydrogens is 140 g/mol. The van der Waals surface area contributed by atoms with Crippen LogP contribution >= 0.6 is 0 Å². The van der Waals surface area contributed by atoms with E-state index in [9.17, 15) is 4.79 Å². The summed E-state index contributed by atoms with van der Waals surface area (Å²) in [5.41, 5.74) is 0. The van der Waals surface area contributed by atoms with E-state index in [1.54, 1.807) is 13.2 Å². The number of rotatable bonds is 6. The Morgan fingerprint density at radius 3 is 2.73 bits per heavy atom. The first-order valence-corrected chi connectivity index (χ1v) is 3.92. The van der Waals surface area contributed by atoms with Crippen molar-refractivity contribution in [2.75, 3.05) is 7.11 Å². The molecule has 0 fully saturated rings. The van der Waals surface area contributed by atoms with E-state index in [1.165, 1.54) is 0 Å². The summed E-state index contributed by atoms with van der Waals surface area (Å²) in [5, 5.41) is 0. The van der Waals surface area contributed by atoms with Crippen LogP contribution in [-0.2, 0) is 9.53 Å². The summed E-state index contributed by atoms with van der Waals surface area (Å²) < 4.78 is 4.97. The van der Waals surface area contributed by atoms with Gasteiger partial charge in [-0.3, -0.25) is 4.79 Å². The van der Waals surface area contributed by atoms with Crippen LogP contribution in [0.25, 0.3) is 0 Å². The first kappa shape index (κ1) is 10.4. The number of carbonyl (C=O) groups is 1. The molecule has 0 saturated carbocycles. The van der Waals surface area contributed by atoms with Gasteiger partial charge in [-0.05, 0) is 12.8 Å². The highest BCUT2D eigenvalue weighted by molar-refractivity contribution is 5.83. The monoisotopic (exact) mass is 156 g/mol. The molecule has 0 heterocycles. The number of Topliss-reactive ketones (excluding diaryl/α,β-unsaturated/α-hetero) is 1. The number of ketones is 1. The Kier molecular flexibility index (Phi) is 5.75. The molecule has 0 aromatic carbocycles. The molecule has 0 amide bonds. The zero-order chi connectivity index (χ0) is 8.69. The van der Waals surface area contributed by atoms with Gasteiger partial charge in [0.1, 0.15) is 6.10 Å². The van der Waals surface area contributed by atoms with Gasteiger partial charge in [-0.15, -0.1) is 6.58 Å². The molecular formula is C9H16O2. The summed E-state index contributed by atoms with van der Waals surface area (Å²) in [6.07, 6.45) is 3.59. The van der Waals surface area contributed by atoms with E-state index in [4.69, 9.17) is 4.74 Å². The van der Waals surface area contributed by atoms with E-state index >= 15 is 0 Å². The van der Waals surface area contributed by atoms with Crippen molar-refractivity contribution in [2.45, 2.75) is 32.3 Å². The van der Waals surface area contributed by atoms with Crippen LogP contribution in [0.1, 0.15) is 26.2 Å². The van der Waals surface area contributed by atoms with Crippen molar-refractivity contribution < 1.29 is 9.53 Å². The zero-order valence-electron chi connectivity index (χ0n) is 7.30. The molecule has 2 heteroatoms. The van der Waals surface area contributed by atoms with Crippen molar-refractivity contribution in [3.05, 3.63) is 12.7 Å². The van der Waals surface area contributed by atoms with Crippen LogP contribution in [0.15, 0.2) is 12.7 Å². The molecule has 0 spiro atoms. The van der Waals surface area contributed by atoms with Crippen molar-refractivity contribution in [2.24, 2.45) is 0 Å². The lowest BCUT2D eigenvalue weighted by Crippen LogP contribution is -2.21. The predicted molar refractivity (Wildman–Crippen MR) is 45.5 cm³/mol.